The maximum Gasteiger partial charge on any atom is 0.408 e. The predicted molar refractivity (Wildman–Crippen MR) is 83.1 cm³/mol. The summed E-state index contributed by atoms with van der Waals surface area (Å²) in [6, 6.07) is 4.22. The Labute approximate surface area is 131 Å². The molecule has 0 aliphatic rings. The summed E-state index contributed by atoms with van der Waals surface area (Å²) in [4.78, 5) is 11.8. The van der Waals surface area contributed by atoms with Crippen molar-refractivity contribution in [1.29, 1.82) is 5.26 Å². The molecule has 0 saturated heterocycles. The Hall–Kier alpha value is -2.09. The van der Waals surface area contributed by atoms with Gasteiger partial charge in [-0.1, -0.05) is 13.0 Å². The van der Waals surface area contributed by atoms with Gasteiger partial charge >= 0.3 is 6.09 Å². The third-order valence-corrected chi connectivity index (χ3v) is 3.50. The second-order valence-corrected chi connectivity index (χ2v) is 6.44. The highest BCUT2D eigenvalue weighted by molar-refractivity contribution is 5.68. The predicted octanol–water partition coefficient (Wildman–Crippen LogP) is 3.96. The first kappa shape index (κ1) is 18.0. The molecule has 0 aliphatic heterocycles. The average Bonchev–Trinajstić information content (AvgIpc) is 2.38. The number of benzene rings is 1. The fraction of sp³-hybridized carbons (Fsp3) is 0.529. The molecule has 0 radical (unpaired) electrons. The second kappa shape index (κ2) is 6.78. The molecule has 0 saturated carbocycles. The van der Waals surface area contributed by atoms with Crippen molar-refractivity contribution in [1.82, 2.24) is 5.32 Å². The van der Waals surface area contributed by atoms with E-state index >= 15 is 0 Å². The smallest absolute Gasteiger partial charge is 0.408 e. The van der Waals surface area contributed by atoms with Crippen molar-refractivity contribution in [2.75, 3.05) is 0 Å². The highest BCUT2D eigenvalue weighted by atomic mass is 19.1. The Morgan fingerprint density at radius 1 is 1.36 bits per heavy atom. The van der Waals surface area contributed by atoms with Crippen LogP contribution in [0.5, 0.6) is 0 Å². The zero-order valence-corrected chi connectivity index (χ0v) is 14.0. The van der Waals surface area contributed by atoms with Crippen LogP contribution in [0.4, 0.5) is 9.18 Å². The lowest BCUT2D eigenvalue weighted by molar-refractivity contribution is 0.0510. The maximum atomic E-state index is 14.1. The number of nitrogens with one attached hydrogen (secondary N) is 1. The summed E-state index contributed by atoms with van der Waals surface area (Å²) in [5, 5.41) is 11.8. The van der Waals surface area contributed by atoms with Crippen molar-refractivity contribution in [2.24, 2.45) is 0 Å². The number of hydrogen-bond donors (Lipinski definition) is 1. The molecular weight excluding hydrogens is 283 g/mol. The SMILES string of the molecule is Cc1ccc(F)c([C@@H](C)[C@@H](C#N)NC(=O)OC(C)(C)C)c1C. The van der Waals surface area contributed by atoms with E-state index in [9.17, 15) is 14.4 Å². The molecule has 120 valence electrons. The van der Waals surface area contributed by atoms with E-state index in [0.717, 1.165) is 11.1 Å². The lowest BCUT2D eigenvalue weighted by Crippen LogP contribution is -2.41. The van der Waals surface area contributed by atoms with Gasteiger partial charge in [0.05, 0.1) is 6.07 Å². The number of hydrogen-bond acceptors (Lipinski definition) is 3. The van der Waals surface area contributed by atoms with E-state index in [4.69, 9.17) is 4.74 Å². The van der Waals surface area contributed by atoms with Gasteiger partial charge in [0.15, 0.2) is 0 Å². The molecule has 0 bridgehead atoms. The quantitative estimate of drug-likeness (QED) is 0.919. The molecule has 0 aliphatic carbocycles. The van der Waals surface area contributed by atoms with E-state index < -0.39 is 23.7 Å². The lowest BCUT2D eigenvalue weighted by Gasteiger charge is -2.25. The molecular formula is C17H23FN2O2. The van der Waals surface area contributed by atoms with Crippen LogP contribution in [0.2, 0.25) is 0 Å². The van der Waals surface area contributed by atoms with Crippen molar-refractivity contribution in [3.8, 4) is 6.07 Å². The molecule has 22 heavy (non-hydrogen) atoms. The fourth-order valence-corrected chi connectivity index (χ4v) is 2.23. The zero-order chi connectivity index (χ0) is 17.1. The normalized spacial score (nSPS) is 13.9. The molecule has 1 amide bonds. The van der Waals surface area contributed by atoms with Gasteiger partial charge in [0.25, 0.3) is 0 Å². The largest absolute Gasteiger partial charge is 0.444 e. The van der Waals surface area contributed by atoms with E-state index in [1.165, 1.54) is 6.07 Å². The first-order valence-corrected chi connectivity index (χ1v) is 7.21. The topological polar surface area (TPSA) is 62.1 Å². The summed E-state index contributed by atoms with van der Waals surface area (Å²) >= 11 is 0. The number of carbonyl (C=O) groups excluding carboxylic acids is 1. The maximum absolute atomic E-state index is 14.1. The van der Waals surface area contributed by atoms with Crippen LogP contribution in [0.1, 0.15) is 50.3 Å². The lowest BCUT2D eigenvalue weighted by atomic mass is 9.88. The van der Waals surface area contributed by atoms with Gasteiger partial charge < -0.3 is 10.1 Å². The summed E-state index contributed by atoms with van der Waals surface area (Å²) in [5.41, 5.74) is 1.52. The number of rotatable bonds is 3. The minimum absolute atomic E-state index is 0.373. The second-order valence-electron chi connectivity index (χ2n) is 6.44. The Bertz CT molecular complexity index is 600. The minimum Gasteiger partial charge on any atom is -0.444 e. The number of ether oxygens (including phenoxy) is 1. The molecule has 0 aromatic heterocycles. The van der Waals surface area contributed by atoms with Gasteiger partial charge in [-0.25, -0.2) is 9.18 Å². The number of carbonyl (C=O) groups is 1. The third-order valence-electron chi connectivity index (χ3n) is 3.50. The van der Waals surface area contributed by atoms with Crippen molar-refractivity contribution in [3.63, 3.8) is 0 Å². The first-order chi connectivity index (χ1) is 10.1. The van der Waals surface area contributed by atoms with Gasteiger partial charge in [-0.05, 0) is 57.4 Å². The summed E-state index contributed by atoms with van der Waals surface area (Å²) in [6.07, 6.45) is -0.684. The Morgan fingerprint density at radius 2 is 1.95 bits per heavy atom. The van der Waals surface area contributed by atoms with Crippen LogP contribution in [0.3, 0.4) is 0 Å². The van der Waals surface area contributed by atoms with E-state index in [2.05, 4.69) is 5.32 Å². The first-order valence-electron chi connectivity index (χ1n) is 7.21. The number of amides is 1. The fourth-order valence-electron chi connectivity index (χ4n) is 2.23. The van der Waals surface area contributed by atoms with Gasteiger partial charge in [-0.2, -0.15) is 5.26 Å². The molecule has 1 N–H and O–H groups in total. The number of aryl methyl sites for hydroxylation is 1. The van der Waals surface area contributed by atoms with Gasteiger partial charge in [0, 0.05) is 5.92 Å². The van der Waals surface area contributed by atoms with Gasteiger partial charge in [-0.15, -0.1) is 0 Å². The number of nitrogens with zero attached hydrogens (tertiary/aromatic N) is 1. The molecule has 0 unspecified atom stereocenters. The standard InChI is InChI=1S/C17H23FN2O2/c1-10-7-8-13(18)15(11(10)2)12(3)14(9-19)20-16(21)22-17(4,5)6/h7-8,12,14H,1-6H3,(H,20,21)/t12-,14+/m0/s1. The molecule has 0 heterocycles. The minimum atomic E-state index is -0.871. The number of alkyl carbamates (subject to hydrolysis) is 1. The van der Waals surface area contributed by atoms with Crippen LogP contribution in [-0.4, -0.2) is 17.7 Å². The van der Waals surface area contributed by atoms with Crippen LogP contribution in [0.25, 0.3) is 0 Å². The molecule has 0 fully saturated rings. The molecule has 1 aromatic rings. The zero-order valence-electron chi connectivity index (χ0n) is 14.0. The van der Waals surface area contributed by atoms with E-state index in [1.807, 2.05) is 19.9 Å². The molecule has 1 rings (SSSR count). The molecule has 1 aromatic carbocycles. The van der Waals surface area contributed by atoms with Crippen molar-refractivity contribution >= 4 is 6.09 Å². The molecule has 2 atom stereocenters. The number of nitriles is 1. The van der Waals surface area contributed by atoms with E-state index in [0.29, 0.717) is 5.56 Å². The Kier molecular flexibility index (Phi) is 5.54. The highest BCUT2D eigenvalue weighted by Crippen LogP contribution is 2.27. The van der Waals surface area contributed by atoms with Crippen LogP contribution < -0.4 is 5.32 Å². The summed E-state index contributed by atoms with van der Waals surface area (Å²) < 4.78 is 19.3. The summed E-state index contributed by atoms with van der Waals surface area (Å²) in [5.74, 6) is -0.862. The molecule has 5 heteroatoms. The van der Waals surface area contributed by atoms with Crippen molar-refractivity contribution in [3.05, 3.63) is 34.6 Å². The summed E-state index contributed by atoms with van der Waals surface area (Å²) in [6.45, 7) is 10.6. The van der Waals surface area contributed by atoms with Crippen LogP contribution in [0.15, 0.2) is 12.1 Å². The summed E-state index contributed by atoms with van der Waals surface area (Å²) in [7, 11) is 0. The van der Waals surface area contributed by atoms with Crippen LogP contribution in [0, 0.1) is 31.0 Å². The highest BCUT2D eigenvalue weighted by Gasteiger charge is 2.27. The average molecular weight is 306 g/mol. The van der Waals surface area contributed by atoms with Gasteiger partial charge in [0.1, 0.15) is 17.5 Å². The van der Waals surface area contributed by atoms with Crippen molar-refractivity contribution in [2.45, 2.75) is 59.1 Å². The molecule has 0 spiro atoms. The van der Waals surface area contributed by atoms with E-state index in [-0.39, 0.29) is 5.82 Å². The van der Waals surface area contributed by atoms with Gasteiger partial charge in [0.2, 0.25) is 0 Å². The molecule has 4 nitrogen and oxygen atoms in total. The monoisotopic (exact) mass is 306 g/mol. The van der Waals surface area contributed by atoms with Crippen LogP contribution >= 0.6 is 0 Å². The van der Waals surface area contributed by atoms with Crippen molar-refractivity contribution < 1.29 is 13.9 Å². The van der Waals surface area contributed by atoms with E-state index in [1.54, 1.807) is 33.8 Å². The van der Waals surface area contributed by atoms with Gasteiger partial charge in [-0.3, -0.25) is 0 Å². The Morgan fingerprint density at radius 3 is 2.45 bits per heavy atom. The Balaban J connectivity index is 3.00. The number of halogens is 1. The third kappa shape index (κ3) is 4.45. The van der Waals surface area contributed by atoms with Crippen LogP contribution in [-0.2, 0) is 4.74 Å².